The van der Waals surface area contributed by atoms with E-state index in [1.807, 2.05) is 29.6 Å². The molecule has 0 saturated carbocycles. The molecule has 2 aromatic heterocycles. The number of nitrogens with one attached hydrogen (secondary N) is 2. The Hall–Kier alpha value is -2.61. The van der Waals surface area contributed by atoms with Gasteiger partial charge in [-0.05, 0) is 36.4 Å². The van der Waals surface area contributed by atoms with E-state index in [4.69, 9.17) is 23.2 Å². The number of nitrogens with zero attached hydrogens (tertiary/aromatic N) is 3. The molecule has 4 aromatic rings. The second-order valence-corrected chi connectivity index (χ2v) is 7.05. The van der Waals surface area contributed by atoms with E-state index in [2.05, 4.69) is 20.7 Å². The molecule has 2 amide bonds. The van der Waals surface area contributed by atoms with E-state index in [-0.39, 0.29) is 5.95 Å². The molecule has 0 saturated heterocycles. The summed E-state index contributed by atoms with van der Waals surface area (Å²) in [6, 6.07) is 13.8. The van der Waals surface area contributed by atoms with Gasteiger partial charge in [-0.15, -0.1) is 16.4 Å². The van der Waals surface area contributed by atoms with Crippen molar-refractivity contribution in [3.05, 3.63) is 64.0 Å². The minimum absolute atomic E-state index is 0.221. The predicted octanol–water partition coefficient (Wildman–Crippen LogP) is 5.41. The maximum atomic E-state index is 12.1. The van der Waals surface area contributed by atoms with E-state index < -0.39 is 6.03 Å². The van der Waals surface area contributed by atoms with Crippen LogP contribution in [0.15, 0.2) is 53.9 Å². The molecular formula is C17H11Cl2N5OS. The van der Waals surface area contributed by atoms with E-state index in [1.165, 1.54) is 11.3 Å². The Kier molecular flexibility index (Phi) is 4.50. The molecule has 2 heterocycles. The molecule has 4 rings (SSSR count). The topological polar surface area (TPSA) is 71.3 Å². The van der Waals surface area contributed by atoms with Gasteiger partial charge in [-0.3, -0.25) is 5.32 Å². The van der Waals surface area contributed by atoms with Crippen molar-refractivity contribution in [2.24, 2.45) is 0 Å². The molecule has 0 radical (unpaired) electrons. The fraction of sp³-hybridized carbons (Fsp3) is 0. The van der Waals surface area contributed by atoms with Crippen molar-refractivity contribution in [2.45, 2.75) is 0 Å². The number of halogens is 2. The van der Waals surface area contributed by atoms with Gasteiger partial charge in [-0.2, -0.15) is 4.98 Å². The Bertz CT molecular complexity index is 1070. The fourth-order valence-corrected chi connectivity index (χ4v) is 3.43. The zero-order valence-electron chi connectivity index (χ0n) is 13.1. The number of carbonyl (C=O) groups excluding carboxylic acids is 1. The summed E-state index contributed by atoms with van der Waals surface area (Å²) in [5, 5.41) is 12.9. The van der Waals surface area contributed by atoms with Gasteiger partial charge in [0, 0.05) is 26.7 Å². The quantitative estimate of drug-likeness (QED) is 0.480. The van der Waals surface area contributed by atoms with Crippen LogP contribution in [0.4, 0.5) is 16.4 Å². The van der Waals surface area contributed by atoms with Crippen molar-refractivity contribution in [1.29, 1.82) is 0 Å². The van der Waals surface area contributed by atoms with Gasteiger partial charge in [0.2, 0.25) is 4.96 Å². The molecule has 0 aliphatic rings. The zero-order chi connectivity index (χ0) is 18.1. The van der Waals surface area contributed by atoms with Crippen molar-refractivity contribution in [3.63, 3.8) is 0 Å². The Morgan fingerprint density at radius 3 is 2.31 bits per heavy atom. The third-order valence-electron chi connectivity index (χ3n) is 3.55. The molecule has 9 heteroatoms. The largest absolute Gasteiger partial charge is 0.326 e. The molecule has 0 aliphatic carbocycles. The monoisotopic (exact) mass is 403 g/mol. The highest BCUT2D eigenvalue weighted by Gasteiger charge is 2.13. The van der Waals surface area contributed by atoms with E-state index in [0.29, 0.717) is 20.7 Å². The summed E-state index contributed by atoms with van der Waals surface area (Å²) in [7, 11) is 0. The Morgan fingerprint density at radius 2 is 1.62 bits per heavy atom. The van der Waals surface area contributed by atoms with Crippen LogP contribution in [0, 0.1) is 0 Å². The maximum Gasteiger partial charge on any atom is 0.326 e. The third kappa shape index (κ3) is 3.50. The number of aromatic nitrogens is 3. The molecule has 0 atom stereocenters. The van der Waals surface area contributed by atoms with Crippen LogP contribution in [-0.2, 0) is 0 Å². The number of rotatable bonds is 3. The number of amides is 2. The zero-order valence-corrected chi connectivity index (χ0v) is 15.4. The third-order valence-corrected chi connectivity index (χ3v) is 4.87. The van der Waals surface area contributed by atoms with Crippen LogP contribution >= 0.6 is 34.5 Å². The van der Waals surface area contributed by atoms with Gasteiger partial charge in [0.05, 0.1) is 5.69 Å². The molecule has 2 N–H and O–H groups in total. The lowest BCUT2D eigenvalue weighted by molar-refractivity contribution is 0.262. The number of benzene rings is 2. The van der Waals surface area contributed by atoms with Crippen LogP contribution in [0.2, 0.25) is 10.0 Å². The SMILES string of the molecule is O=C(Nc1ccc(Cl)cc1)Nc1nc2scc(-c3ccc(Cl)cc3)n2n1. The lowest BCUT2D eigenvalue weighted by Crippen LogP contribution is -2.20. The van der Waals surface area contributed by atoms with Crippen molar-refractivity contribution in [2.75, 3.05) is 10.6 Å². The first-order chi connectivity index (χ1) is 12.6. The number of carbonyl (C=O) groups is 1. The highest BCUT2D eigenvalue weighted by molar-refractivity contribution is 7.15. The van der Waals surface area contributed by atoms with Crippen molar-refractivity contribution < 1.29 is 4.79 Å². The molecule has 26 heavy (non-hydrogen) atoms. The van der Waals surface area contributed by atoms with Gasteiger partial charge in [0.15, 0.2) is 0 Å². The maximum absolute atomic E-state index is 12.1. The molecule has 0 spiro atoms. The molecule has 0 bridgehead atoms. The lowest BCUT2D eigenvalue weighted by atomic mass is 10.2. The number of fused-ring (bicyclic) bond motifs is 1. The normalized spacial score (nSPS) is 10.8. The molecule has 130 valence electrons. The van der Waals surface area contributed by atoms with Crippen LogP contribution in [0.3, 0.4) is 0 Å². The summed E-state index contributed by atoms with van der Waals surface area (Å²) in [6.45, 7) is 0. The number of urea groups is 1. The van der Waals surface area contributed by atoms with Crippen molar-refractivity contribution in [1.82, 2.24) is 14.6 Å². The Balaban J connectivity index is 1.53. The number of hydrogen-bond donors (Lipinski definition) is 2. The van der Waals surface area contributed by atoms with Crippen LogP contribution in [-0.4, -0.2) is 20.6 Å². The van der Waals surface area contributed by atoms with Crippen LogP contribution in [0.5, 0.6) is 0 Å². The molecule has 0 unspecified atom stereocenters. The second-order valence-electron chi connectivity index (χ2n) is 5.34. The summed E-state index contributed by atoms with van der Waals surface area (Å²) in [5.74, 6) is 0.221. The summed E-state index contributed by atoms with van der Waals surface area (Å²) in [5.41, 5.74) is 2.46. The van der Waals surface area contributed by atoms with Gasteiger partial charge in [0.25, 0.3) is 5.95 Å². The van der Waals surface area contributed by atoms with E-state index in [9.17, 15) is 4.79 Å². The summed E-state index contributed by atoms with van der Waals surface area (Å²) in [4.78, 5) is 17.1. The van der Waals surface area contributed by atoms with Gasteiger partial charge in [-0.1, -0.05) is 35.3 Å². The highest BCUT2D eigenvalue weighted by atomic mass is 35.5. The summed E-state index contributed by atoms with van der Waals surface area (Å²) >= 11 is 13.2. The smallest absolute Gasteiger partial charge is 0.308 e. The minimum Gasteiger partial charge on any atom is -0.308 e. The molecule has 0 fully saturated rings. The Morgan fingerprint density at radius 1 is 0.962 bits per heavy atom. The van der Waals surface area contributed by atoms with Crippen molar-refractivity contribution in [3.8, 4) is 11.3 Å². The average molecular weight is 404 g/mol. The molecule has 6 nitrogen and oxygen atoms in total. The molecule has 0 aliphatic heterocycles. The van der Waals surface area contributed by atoms with Gasteiger partial charge < -0.3 is 5.32 Å². The van der Waals surface area contributed by atoms with Crippen LogP contribution < -0.4 is 10.6 Å². The van der Waals surface area contributed by atoms with E-state index >= 15 is 0 Å². The second kappa shape index (κ2) is 6.95. The average Bonchev–Trinajstić information content (AvgIpc) is 3.18. The Labute approximate surface area is 162 Å². The summed E-state index contributed by atoms with van der Waals surface area (Å²) < 4.78 is 1.69. The lowest BCUT2D eigenvalue weighted by Gasteiger charge is -2.04. The van der Waals surface area contributed by atoms with Crippen LogP contribution in [0.1, 0.15) is 0 Å². The van der Waals surface area contributed by atoms with Gasteiger partial charge >= 0.3 is 6.03 Å². The van der Waals surface area contributed by atoms with Gasteiger partial charge in [-0.25, -0.2) is 9.31 Å². The highest BCUT2D eigenvalue weighted by Crippen LogP contribution is 2.27. The standard InChI is InChI=1S/C17H11Cl2N5OS/c18-11-3-1-10(2-4-11)14-9-26-17-22-15(23-24(14)17)21-16(25)20-13-7-5-12(19)6-8-13/h1-9H,(H2,20,21,23,25). The molecular weight excluding hydrogens is 393 g/mol. The predicted molar refractivity (Wildman–Crippen MR) is 105 cm³/mol. The van der Waals surface area contributed by atoms with Crippen molar-refractivity contribution >= 4 is 57.2 Å². The molecule has 2 aromatic carbocycles. The first-order valence-corrected chi connectivity index (χ1v) is 9.16. The number of anilines is 2. The minimum atomic E-state index is -0.432. The van der Waals surface area contributed by atoms with Crippen LogP contribution in [0.25, 0.3) is 16.2 Å². The first-order valence-electron chi connectivity index (χ1n) is 7.52. The summed E-state index contributed by atoms with van der Waals surface area (Å²) in [6.07, 6.45) is 0. The number of hydrogen-bond acceptors (Lipinski definition) is 4. The van der Waals surface area contributed by atoms with E-state index in [1.54, 1.807) is 28.8 Å². The van der Waals surface area contributed by atoms with E-state index in [0.717, 1.165) is 11.3 Å². The van der Waals surface area contributed by atoms with Gasteiger partial charge in [0.1, 0.15) is 0 Å². The number of thiazole rings is 1. The first kappa shape index (κ1) is 16.8. The fourth-order valence-electron chi connectivity index (χ4n) is 2.35.